The van der Waals surface area contributed by atoms with Gasteiger partial charge in [-0.1, -0.05) is 38.0 Å². The van der Waals surface area contributed by atoms with Crippen LogP contribution in [0, 0.1) is 24.2 Å². The van der Waals surface area contributed by atoms with Crippen LogP contribution in [0.2, 0.25) is 0 Å². The lowest BCUT2D eigenvalue weighted by atomic mass is 9.79. The molecular formula is C22H31N3. The van der Waals surface area contributed by atoms with Crippen molar-refractivity contribution in [2.75, 3.05) is 27.2 Å². The quantitative estimate of drug-likeness (QED) is 0.813. The van der Waals surface area contributed by atoms with E-state index in [1.807, 2.05) is 0 Å². The number of aromatic nitrogens is 1. The molecule has 2 unspecified atom stereocenters. The molecule has 2 aromatic rings. The minimum Gasteiger partial charge on any atom is -0.361 e. The van der Waals surface area contributed by atoms with E-state index in [1.54, 1.807) is 0 Å². The monoisotopic (exact) mass is 337 g/mol. The maximum absolute atomic E-state index is 5.43. The van der Waals surface area contributed by atoms with Gasteiger partial charge in [0.05, 0.1) is 6.54 Å². The molecule has 25 heavy (non-hydrogen) atoms. The fourth-order valence-electron chi connectivity index (χ4n) is 3.79. The van der Waals surface area contributed by atoms with Crippen molar-refractivity contribution in [1.82, 2.24) is 9.88 Å². The zero-order valence-corrected chi connectivity index (χ0v) is 16.0. The largest absolute Gasteiger partial charge is 0.361 e. The highest BCUT2D eigenvalue weighted by Gasteiger charge is 2.24. The zero-order valence-electron chi connectivity index (χ0n) is 16.0. The van der Waals surface area contributed by atoms with Crippen LogP contribution in [0.1, 0.15) is 31.4 Å². The van der Waals surface area contributed by atoms with Gasteiger partial charge in [0.2, 0.25) is 0 Å². The predicted octanol–water partition coefficient (Wildman–Crippen LogP) is 3.91. The molecule has 0 fully saturated rings. The molecule has 1 aromatic heterocycles. The number of H-pyrrole nitrogens is 1. The molecule has 2 atom stereocenters. The number of nitrogens with two attached hydrogens (primary N) is 1. The summed E-state index contributed by atoms with van der Waals surface area (Å²) < 4.78 is 0. The molecule has 0 spiro atoms. The van der Waals surface area contributed by atoms with Gasteiger partial charge < -0.3 is 10.7 Å². The molecule has 3 heteroatoms. The van der Waals surface area contributed by atoms with E-state index in [1.165, 1.54) is 34.7 Å². The maximum Gasteiger partial charge on any atom is 0.0596 e. The number of benzene rings is 1. The number of aromatic amines is 1. The number of allylic oxidation sites excluding steroid dienone is 1. The van der Waals surface area contributed by atoms with Crippen molar-refractivity contribution in [3.05, 3.63) is 41.6 Å². The third-order valence-corrected chi connectivity index (χ3v) is 5.00. The molecule has 0 saturated carbocycles. The summed E-state index contributed by atoms with van der Waals surface area (Å²) in [6.45, 7) is 6.35. The van der Waals surface area contributed by atoms with Gasteiger partial charge in [-0.15, -0.1) is 6.42 Å². The van der Waals surface area contributed by atoms with Crippen LogP contribution < -0.4 is 5.73 Å². The van der Waals surface area contributed by atoms with Gasteiger partial charge in [0, 0.05) is 23.6 Å². The Hall–Kier alpha value is -2.02. The average Bonchev–Trinajstić information content (AvgIpc) is 3.03. The van der Waals surface area contributed by atoms with Crippen LogP contribution >= 0.6 is 0 Å². The molecule has 1 heterocycles. The number of hydrogen-bond donors (Lipinski definition) is 2. The lowest BCUT2D eigenvalue weighted by Crippen LogP contribution is -2.25. The molecule has 0 radical (unpaired) electrons. The fraction of sp³-hybridized carbons (Fsp3) is 0.455. The van der Waals surface area contributed by atoms with Crippen molar-refractivity contribution in [1.29, 1.82) is 0 Å². The highest BCUT2D eigenvalue weighted by atomic mass is 15.1. The highest BCUT2D eigenvalue weighted by Crippen LogP contribution is 2.40. The van der Waals surface area contributed by atoms with Crippen LogP contribution in [-0.2, 0) is 6.42 Å². The fourth-order valence-corrected chi connectivity index (χ4v) is 3.79. The lowest BCUT2D eigenvalue weighted by molar-refractivity contribution is 0.329. The molecule has 1 aromatic carbocycles. The molecule has 1 aliphatic carbocycles. The van der Waals surface area contributed by atoms with Crippen LogP contribution in [-0.4, -0.2) is 37.1 Å². The minimum atomic E-state index is 0.543. The molecule has 1 aliphatic rings. The van der Waals surface area contributed by atoms with E-state index in [9.17, 15) is 0 Å². The van der Waals surface area contributed by atoms with E-state index in [0.717, 1.165) is 19.4 Å². The van der Waals surface area contributed by atoms with Gasteiger partial charge in [-0.2, -0.15) is 0 Å². The van der Waals surface area contributed by atoms with Crippen molar-refractivity contribution in [2.45, 2.75) is 26.7 Å². The number of hydrogen-bond acceptors (Lipinski definition) is 2. The zero-order chi connectivity index (χ0) is 18.4. The standard InChI is InChI=1S/C21H26N2.CH5N/c1-5-10-23(4)14-16(6-2)12-19-15(3)11-17-13-22-20-9-7-8-18(19)21(17)20;1-2/h1,7-9,12-13,15-16,22H,6,10-11,14H2,2-4H3;2H2,1H3/b19-12+;. The third kappa shape index (κ3) is 4.15. The molecule has 0 amide bonds. The molecule has 0 bridgehead atoms. The van der Waals surface area contributed by atoms with Gasteiger partial charge in [0.1, 0.15) is 0 Å². The molecule has 134 valence electrons. The summed E-state index contributed by atoms with van der Waals surface area (Å²) in [5.41, 5.74) is 10.1. The van der Waals surface area contributed by atoms with Gasteiger partial charge in [-0.3, -0.25) is 4.90 Å². The topological polar surface area (TPSA) is 45.0 Å². The highest BCUT2D eigenvalue weighted by molar-refractivity contribution is 5.97. The van der Waals surface area contributed by atoms with Crippen molar-refractivity contribution in [3.8, 4) is 12.3 Å². The SMILES string of the molecule is C#CCN(C)CC(/C=C1/c2cccc3[nH]cc(c23)CC1C)CC.CN. The van der Waals surface area contributed by atoms with E-state index >= 15 is 0 Å². The first-order valence-corrected chi connectivity index (χ1v) is 9.14. The smallest absolute Gasteiger partial charge is 0.0596 e. The first kappa shape index (κ1) is 19.3. The normalized spacial score (nSPS) is 18.8. The summed E-state index contributed by atoms with van der Waals surface area (Å²) in [7, 11) is 3.61. The second kappa shape index (κ2) is 8.89. The molecule has 0 aliphatic heterocycles. The van der Waals surface area contributed by atoms with E-state index in [2.05, 4.69) is 72.9 Å². The van der Waals surface area contributed by atoms with Gasteiger partial charge >= 0.3 is 0 Å². The van der Waals surface area contributed by atoms with Gasteiger partial charge in [0.15, 0.2) is 0 Å². The van der Waals surface area contributed by atoms with Gasteiger partial charge in [0.25, 0.3) is 0 Å². The van der Waals surface area contributed by atoms with E-state index < -0.39 is 0 Å². The summed E-state index contributed by atoms with van der Waals surface area (Å²) in [5, 5.41) is 1.42. The Balaban J connectivity index is 0.00000109. The number of terminal acetylenes is 1. The van der Waals surface area contributed by atoms with Gasteiger partial charge in [-0.05, 0) is 61.5 Å². The van der Waals surface area contributed by atoms with Crippen LogP contribution in [0.25, 0.3) is 16.5 Å². The number of nitrogens with zero attached hydrogens (tertiary/aromatic N) is 1. The molecular weight excluding hydrogens is 306 g/mol. The Morgan fingerprint density at radius 3 is 2.88 bits per heavy atom. The van der Waals surface area contributed by atoms with Crippen LogP contribution in [0.15, 0.2) is 30.5 Å². The summed E-state index contributed by atoms with van der Waals surface area (Å²) in [6.07, 6.45) is 12.4. The molecule has 3 N–H and O–H groups in total. The minimum absolute atomic E-state index is 0.543. The van der Waals surface area contributed by atoms with Crippen LogP contribution in [0.3, 0.4) is 0 Å². The van der Waals surface area contributed by atoms with Crippen LogP contribution in [0.4, 0.5) is 0 Å². The van der Waals surface area contributed by atoms with E-state index in [0.29, 0.717) is 18.4 Å². The number of nitrogens with one attached hydrogen (secondary N) is 1. The second-order valence-electron chi connectivity index (χ2n) is 6.84. The lowest BCUT2D eigenvalue weighted by Gasteiger charge is -2.26. The predicted molar refractivity (Wildman–Crippen MR) is 109 cm³/mol. The first-order valence-electron chi connectivity index (χ1n) is 9.14. The van der Waals surface area contributed by atoms with E-state index in [-0.39, 0.29) is 0 Å². The molecule has 3 rings (SSSR count). The Bertz CT molecular complexity index is 763. The van der Waals surface area contributed by atoms with Crippen LogP contribution in [0.5, 0.6) is 0 Å². The Morgan fingerprint density at radius 2 is 2.20 bits per heavy atom. The van der Waals surface area contributed by atoms with Crippen molar-refractivity contribution in [2.24, 2.45) is 17.6 Å². The van der Waals surface area contributed by atoms with E-state index in [4.69, 9.17) is 6.42 Å². The number of rotatable bonds is 5. The summed E-state index contributed by atoms with van der Waals surface area (Å²) in [6, 6.07) is 6.61. The third-order valence-electron chi connectivity index (χ3n) is 5.00. The Morgan fingerprint density at radius 1 is 1.44 bits per heavy atom. The second-order valence-corrected chi connectivity index (χ2v) is 6.84. The average molecular weight is 338 g/mol. The molecule has 0 saturated heterocycles. The van der Waals surface area contributed by atoms with Gasteiger partial charge in [-0.25, -0.2) is 0 Å². The van der Waals surface area contributed by atoms with Crippen molar-refractivity contribution in [3.63, 3.8) is 0 Å². The Kier molecular flexibility index (Phi) is 6.87. The summed E-state index contributed by atoms with van der Waals surface area (Å²) in [5.74, 6) is 3.84. The first-order chi connectivity index (χ1) is 12.1. The maximum atomic E-state index is 5.43. The van der Waals surface area contributed by atoms with Crippen molar-refractivity contribution < 1.29 is 0 Å². The molecule has 3 nitrogen and oxygen atoms in total. The van der Waals surface area contributed by atoms with Crippen molar-refractivity contribution >= 4 is 16.5 Å². The Labute approximate surface area is 152 Å². The summed E-state index contributed by atoms with van der Waals surface area (Å²) in [4.78, 5) is 5.66. The summed E-state index contributed by atoms with van der Waals surface area (Å²) >= 11 is 0.